The first-order valence-electron chi connectivity index (χ1n) is 5.24. The Morgan fingerprint density at radius 2 is 2.27 bits per heavy atom. The lowest BCUT2D eigenvalue weighted by molar-refractivity contribution is 0.233. The van der Waals surface area contributed by atoms with Crippen molar-refractivity contribution in [2.24, 2.45) is 0 Å². The van der Waals surface area contributed by atoms with Crippen molar-refractivity contribution < 1.29 is 0 Å². The highest BCUT2D eigenvalue weighted by molar-refractivity contribution is 9.10. The predicted octanol–water partition coefficient (Wildman–Crippen LogP) is 1.98. The van der Waals surface area contributed by atoms with Crippen LogP contribution in [0.25, 0.3) is 0 Å². The van der Waals surface area contributed by atoms with Crippen LogP contribution in [0.1, 0.15) is 6.92 Å². The average Bonchev–Trinajstić information content (AvgIpc) is 2.23. The number of likely N-dealkylation sites (N-methyl/N-ethyl adjacent to an activating group) is 1. The summed E-state index contributed by atoms with van der Waals surface area (Å²) in [6.07, 6.45) is 1.85. The molecule has 2 rings (SSSR count). The first kappa shape index (κ1) is 10.9. The van der Waals surface area contributed by atoms with E-state index in [2.05, 4.69) is 44.7 Å². The molecule has 0 spiro atoms. The summed E-state index contributed by atoms with van der Waals surface area (Å²) in [5.41, 5.74) is 0. The molecule has 1 aromatic heterocycles. The van der Waals surface area contributed by atoms with E-state index in [9.17, 15) is 0 Å². The number of anilines is 1. The van der Waals surface area contributed by atoms with E-state index in [1.807, 2.05) is 18.3 Å². The number of hydrogen-bond acceptors (Lipinski definition) is 3. The number of aromatic nitrogens is 1. The van der Waals surface area contributed by atoms with Crippen molar-refractivity contribution in [3.05, 3.63) is 22.8 Å². The Morgan fingerprint density at radius 1 is 1.47 bits per heavy atom. The molecule has 1 aliphatic heterocycles. The maximum absolute atomic E-state index is 4.42. The minimum Gasteiger partial charge on any atom is -0.353 e. The van der Waals surface area contributed by atoms with Crippen molar-refractivity contribution in [1.29, 1.82) is 0 Å². The summed E-state index contributed by atoms with van der Waals surface area (Å²) in [5, 5.41) is 0. The Kier molecular flexibility index (Phi) is 3.26. The molecular formula is C11H16BrN3. The van der Waals surface area contributed by atoms with Crippen LogP contribution in [0.5, 0.6) is 0 Å². The molecule has 1 atom stereocenters. The maximum Gasteiger partial charge on any atom is 0.142 e. The Labute approximate surface area is 99.2 Å². The third-order valence-corrected chi connectivity index (χ3v) is 3.62. The van der Waals surface area contributed by atoms with Crippen LogP contribution in [-0.4, -0.2) is 42.6 Å². The van der Waals surface area contributed by atoms with Gasteiger partial charge in [0.25, 0.3) is 0 Å². The van der Waals surface area contributed by atoms with E-state index < -0.39 is 0 Å². The SMILES string of the molecule is CC1CN(c2ncccc2Br)CCN1C. The van der Waals surface area contributed by atoms with E-state index in [1.165, 1.54) is 0 Å². The van der Waals surface area contributed by atoms with Gasteiger partial charge in [-0.25, -0.2) is 4.98 Å². The van der Waals surface area contributed by atoms with Gasteiger partial charge in [0.2, 0.25) is 0 Å². The van der Waals surface area contributed by atoms with E-state index in [-0.39, 0.29) is 0 Å². The third-order valence-electron chi connectivity index (χ3n) is 3.00. The fraction of sp³-hybridized carbons (Fsp3) is 0.545. The Morgan fingerprint density at radius 3 is 2.93 bits per heavy atom. The second kappa shape index (κ2) is 4.49. The smallest absolute Gasteiger partial charge is 0.142 e. The van der Waals surface area contributed by atoms with Gasteiger partial charge in [-0.1, -0.05) is 0 Å². The van der Waals surface area contributed by atoms with E-state index in [0.717, 1.165) is 29.9 Å². The normalized spacial score (nSPS) is 23.1. The summed E-state index contributed by atoms with van der Waals surface area (Å²) < 4.78 is 1.08. The van der Waals surface area contributed by atoms with Gasteiger partial charge in [0, 0.05) is 31.9 Å². The topological polar surface area (TPSA) is 19.4 Å². The summed E-state index contributed by atoms with van der Waals surface area (Å²) >= 11 is 3.55. The second-order valence-electron chi connectivity index (χ2n) is 4.08. The van der Waals surface area contributed by atoms with E-state index >= 15 is 0 Å². The van der Waals surface area contributed by atoms with Crippen LogP contribution in [0.4, 0.5) is 5.82 Å². The van der Waals surface area contributed by atoms with Gasteiger partial charge in [-0.05, 0) is 42.0 Å². The summed E-state index contributed by atoms with van der Waals surface area (Å²) in [6.45, 7) is 5.45. The number of piperazine rings is 1. The molecule has 0 aliphatic carbocycles. The third kappa shape index (κ3) is 2.32. The number of rotatable bonds is 1. The molecule has 15 heavy (non-hydrogen) atoms. The minimum absolute atomic E-state index is 0.590. The summed E-state index contributed by atoms with van der Waals surface area (Å²) in [6, 6.07) is 4.59. The van der Waals surface area contributed by atoms with Crippen molar-refractivity contribution in [1.82, 2.24) is 9.88 Å². The molecule has 1 saturated heterocycles. The van der Waals surface area contributed by atoms with Crippen LogP contribution in [-0.2, 0) is 0 Å². The standard InChI is InChI=1S/C11H16BrN3/c1-9-8-15(7-6-14(9)2)11-10(12)4-3-5-13-11/h3-5,9H,6-8H2,1-2H3. The van der Waals surface area contributed by atoms with Crippen LogP contribution in [0.2, 0.25) is 0 Å². The minimum atomic E-state index is 0.590. The predicted molar refractivity (Wildman–Crippen MR) is 66.2 cm³/mol. The van der Waals surface area contributed by atoms with Crippen molar-refractivity contribution in [2.75, 3.05) is 31.6 Å². The highest BCUT2D eigenvalue weighted by Crippen LogP contribution is 2.24. The molecule has 0 radical (unpaired) electrons. The molecule has 82 valence electrons. The number of halogens is 1. The molecule has 0 saturated carbocycles. The van der Waals surface area contributed by atoms with Crippen molar-refractivity contribution in [3.8, 4) is 0 Å². The number of nitrogens with zero attached hydrogens (tertiary/aromatic N) is 3. The molecule has 4 heteroatoms. The Bertz CT molecular complexity index is 342. The van der Waals surface area contributed by atoms with Gasteiger partial charge in [-0.15, -0.1) is 0 Å². The van der Waals surface area contributed by atoms with Gasteiger partial charge in [0.05, 0.1) is 4.47 Å². The largest absolute Gasteiger partial charge is 0.353 e. The average molecular weight is 270 g/mol. The molecule has 0 bridgehead atoms. The fourth-order valence-electron chi connectivity index (χ4n) is 1.85. The van der Waals surface area contributed by atoms with E-state index in [0.29, 0.717) is 6.04 Å². The van der Waals surface area contributed by atoms with Gasteiger partial charge < -0.3 is 9.80 Å². The lowest BCUT2D eigenvalue weighted by Crippen LogP contribution is -2.50. The molecule has 1 aromatic rings. The lowest BCUT2D eigenvalue weighted by atomic mass is 10.2. The fourth-order valence-corrected chi connectivity index (χ4v) is 2.36. The molecule has 0 N–H and O–H groups in total. The van der Waals surface area contributed by atoms with Crippen LogP contribution < -0.4 is 4.90 Å². The van der Waals surface area contributed by atoms with Crippen LogP contribution in [0.15, 0.2) is 22.8 Å². The highest BCUT2D eigenvalue weighted by atomic mass is 79.9. The zero-order valence-corrected chi connectivity index (χ0v) is 10.7. The molecule has 0 amide bonds. The van der Waals surface area contributed by atoms with Gasteiger partial charge in [0.1, 0.15) is 5.82 Å². The molecular weight excluding hydrogens is 254 g/mol. The van der Waals surface area contributed by atoms with Gasteiger partial charge >= 0.3 is 0 Å². The van der Waals surface area contributed by atoms with Crippen molar-refractivity contribution >= 4 is 21.7 Å². The van der Waals surface area contributed by atoms with Gasteiger partial charge in [0.15, 0.2) is 0 Å². The van der Waals surface area contributed by atoms with E-state index in [4.69, 9.17) is 0 Å². The zero-order valence-electron chi connectivity index (χ0n) is 9.15. The first-order valence-corrected chi connectivity index (χ1v) is 6.03. The molecule has 1 unspecified atom stereocenters. The molecule has 2 heterocycles. The quantitative estimate of drug-likeness (QED) is 0.778. The zero-order chi connectivity index (χ0) is 10.8. The monoisotopic (exact) mass is 269 g/mol. The lowest BCUT2D eigenvalue weighted by Gasteiger charge is -2.38. The number of pyridine rings is 1. The van der Waals surface area contributed by atoms with Gasteiger partial charge in [-0.2, -0.15) is 0 Å². The Balaban J connectivity index is 2.15. The molecule has 1 fully saturated rings. The molecule has 3 nitrogen and oxygen atoms in total. The summed E-state index contributed by atoms with van der Waals surface area (Å²) in [7, 11) is 2.18. The van der Waals surface area contributed by atoms with E-state index in [1.54, 1.807) is 0 Å². The van der Waals surface area contributed by atoms with Gasteiger partial charge in [-0.3, -0.25) is 0 Å². The van der Waals surface area contributed by atoms with Crippen molar-refractivity contribution in [3.63, 3.8) is 0 Å². The van der Waals surface area contributed by atoms with Crippen LogP contribution in [0, 0.1) is 0 Å². The molecule has 1 aliphatic rings. The molecule has 0 aromatic carbocycles. The maximum atomic E-state index is 4.42. The summed E-state index contributed by atoms with van der Waals surface area (Å²) in [4.78, 5) is 9.15. The van der Waals surface area contributed by atoms with Crippen molar-refractivity contribution in [2.45, 2.75) is 13.0 Å². The first-order chi connectivity index (χ1) is 7.18. The highest BCUT2D eigenvalue weighted by Gasteiger charge is 2.22. The van der Waals surface area contributed by atoms with Crippen LogP contribution in [0.3, 0.4) is 0 Å². The second-order valence-corrected chi connectivity index (χ2v) is 4.94. The Hall–Kier alpha value is -0.610. The van der Waals surface area contributed by atoms with Crippen LogP contribution >= 0.6 is 15.9 Å². The number of hydrogen-bond donors (Lipinski definition) is 0. The summed E-state index contributed by atoms with van der Waals surface area (Å²) in [5.74, 6) is 1.07.